The van der Waals surface area contributed by atoms with Crippen molar-refractivity contribution in [3.8, 4) is 5.75 Å². The average molecular weight is 435 g/mol. The Kier molecular flexibility index (Phi) is 6.33. The predicted octanol–water partition coefficient (Wildman–Crippen LogP) is 5.66. The van der Waals surface area contributed by atoms with Crippen LogP contribution in [0.1, 0.15) is 19.0 Å². The van der Waals surface area contributed by atoms with Crippen LogP contribution in [-0.4, -0.2) is 11.5 Å². The molecule has 0 bridgehead atoms. The summed E-state index contributed by atoms with van der Waals surface area (Å²) in [7, 11) is 0. The molecule has 6 heteroatoms. The maximum absolute atomic E-state index is 6.18. The highest BCUT2D eigenvalue weighted by molar-refractivity contribution is 9.11. The monoisotopic (exact) mass is 432 g/mol. The van der Waals surface area contributed by atoms with E-state index in [1.807, 2.05) is 30.3 Å². The van der Waals surface area contributed by atoms with Crippen LogP contribution in [-0.2, 0) is 6.61 Å². The van der Waals surface area contributed by atoms with Gasteiger partial charge in [-0.25, -0.2) is 4.98 Å². The maximum Gasteiger partial charge on any atom is 0.148 e. The largest absolute Gasteiger partial charge is 0.485 e. The first-order chi connectivity index (χ1) is 10.1. The van der Waals surface area contributed by atoms with Gasteiger partial charge in [0.15, 0.2) is 0 Å². The Morgan fingerprint density at radius 2 is 1.90 bits per heavy atom. The molecule has 0 radical (unpaired) electrons. The van der Waals surface area contributed by atoms with Crippen LogP contribution in [0.2, 0.25) is 5.02 Å². The van der Waals surface area contributed by atoms with Crippen molar-refractivity contribution < 1.29 is 4.74 Å². The number of rotatable bonds is 6. The minimum absolute atomic E-state index is 0.307. The lowest BCUT2D eigenvalue weighted by atomic mass is 10.3. The van der Waals surface area contributed by atoms with Gasteiger partial charge >= 0.3 is 0 Å². The molecule has 0 amide bonds. The maximum atomic E-state index is 6.18. The molecule has 0 aliphatic carbocycles. The molecule has 0 saturated carbocycles. The number of ether oxygens (including phenoxy) is 1. The van der Waals surface area contributed by atoms with E-state index in [-0.39, 0.29) is 0 Å². The van der Waals surface area contributed by atoms with Crippen molar-refractivity contribution in [2.24, 2.45) is 0 Å². The first-order valence-electron chi connectivity index (χ1n) is 6.58. The lowest BCUT2D eigenvalue weighted by molar-refractivity contribution is 0.297. The topological polar surface area (TPSA) is 34.1 Å². The lowest BCUT2D eigenvalue weighted by Gasteiger charge is -2.12. The van der Waals surface area contributed by atoms with Crippen molar-refractivity contribution in [3.63, 3.8) is 0 Å². The molecule has 0 unspecified atom stereocenters. The van der Waals surface area contributed by atoms with Gasteiger partial charge in [0.25, 0.3) is 0 Å². The lowest BCUT2D eigenvalue weighted by Crippen LogP contribution is -2.06. The Labute approximate surface area is 146 Å². The molecule has 1 aromatic heterocycles. The molecule has 112 valence electrons. The Bertz CT molecular complexity index is 602. The van der Waals surface area contributed by atoms with E-state index >= 15 is 0 Å². The van der Waals surface area contributed by atoms with E-state index in [0.717, 1.165) is 33.5 Å². The first-order valence-corrected chi connectivity index (χ1v) is 8.54. The van der Waals surface area contributed by atoms with Crippen LogP contribution in [0.3, 0.4) is 0 Å². The summed E-state index contributed by atoms with van der Waals surface area (Å²) in [5.41, 5.74) is 0.709. The van der Waals surface area contributed by atoms with Crippen LogP contribution in [0.15, 0.2) is 39.3 Å². The van der Waals surface area contributed by atoms with Crippen LogP contribution in [0.5, 0.6) is 5.75 Å². The van der Waals surface area contributed by atoms with Crippen LogP contribution in [0, 0.1) is 0 Å². The second-order valence-corrected chi connectivity index (χ2v) is 6.51. The van der Waals surface area contributed by atoms with Gasteiger partial charge in [0.1, 0.15) is 18.2 Å². The molecule has 1 aromatic carbocycles. The Morgan fingerprint density at radius 1 is 1.19 bits per heavy atom. The van der Waals surface area contributed by atoms with Gasteiger partial charge in [-0.05, 0) is 62.5 Å². The molecule has 0 saturated heterocycles. The number of pyridine rings is 1. The van der Waals surface area contributed by atoms with Gasteiger partial charge in [-0.15, -0.1) is 0 Å². The van der Waals surface area contributed by atoms with Crippen molar-refractivity contribution >= 4 is 49.3 Å². The minimum Gasteiger partial charge on any atom is -0.485 e. The molecular formula is C15H15Br2ClN2O. The average Bonchev–Trinajstić information content (AvgIpc) is 2.47. The number of hydrogen-bond acceptors (Lipinski definition) is 3. The number of nitrogens with one attached hydrogen (secondary N) is 1. The fourth-order valence-electron chi connectivity index (χ4n) is 1.70. The van der Waals surface area contributed by atoms with E-state index in [2.05, 4.69) is 49.1 Å². The third-order valence-corrected chi connectivity index (χ3v) is 4.34. The number of halogens is 3. The van der Waals surface area contributed by atoms with E-state index in [9.17, 15) is 0 Å². The van der Waals surface area contributed by atoms with Gasteiger partial charge in [-0.2, -0.15) is 0 Å². The molecule has 0 aliphatic heterocycles. The molecule has 1 N–H and O–H groups in total. The van der Waals surface area contributed by atoms with Crippen molar-refractivity contribution in [2.45, 2.75) is 20.0 Å². The van der Waals surface area contributed by atoms with E-state index < -0.39 is 0 Å². The third-order valence-electron chi connectivity index (χ3n) is 2.75. The second-order valence-electron chi connectivity index (χ2n) is 4.39. The van der Waals surface area contributed by atoms with Crippen LogP contribution in [0.4, 0.5) is 5.82 Å². The smallest absolute Gasteiger partial charge is 0.148 e. The normalized spacial score (nSPS) is 10.5. The number of nitrogens with zero attached hydrogens (tertiary/aromatic N) is 1. The highest BCUT2D eigenvalue weighted by Gasteiger charge is 2.09. The number of aromatic nitrogens is 1. The van der Waals surface area contributed by atoms with Crippen molar-refractivity contribution in [2.75, 3.05) is 11.9 Å². The molecule has 21 heavy (non-hydrogen) atoms. The minimum atomic E-state index is 0.307. The molecule has 0 fully saturated rings. The fraction of sp³-hybridized carbons (Fsp3) is 0.267. The summed E-state index contributed by atoms with van der Waals surface area (Å²) in [5, 5.41) is 3.84. The Morgan fingerprint density at radius 3 is 2.57 bits per heavy atom. The van der Waals surface area contributed by atoms with Crippen LogP contribution >= 0.6 is 43.5 Å². The van der Waals surface area contributed by atoms with Crippen molar-refractivity contribution in [3.05, 3.63) is 50.0 Å². The molecule has 1 heterocycles. The summed E-state index contributed by atoms with van der Waals surface area (Å²) in [4.78, 5) is 4.49. The standard InChI is InChI=1S/C15H15Br2ClN2O/c1-2-8-19-14-7-6-12(18)13(20-14)9-21-15-10(16)4-3-5-11(15)17/h3-7H,2,8-9H2,1H3,(H,19,20). The highest BCUT2D eigenvalue weighted by atomic mass is 79.9. The fourth-order valence-corrected chi connectivity index (χ4v) is 3.09. The summed E-state index contributed by atoms with van der Waals surface area (Å²) in [6, 6.07) is 9.49. The van der Waals surface area contributed by atoms with E-state index in [4.69, 9.17) is 16.3 Å². The molecule has 0 atom stereocenters. The number of anilines is 1. The predicted molar refractivity (Wildman–Crippen MR) is 94.2 cm³/mol. The number of hydrogen-bond donors (Lipinski definition) is 1. The highest BCUT2D eigenvalue weighted by Crippen LogP contribution is 2.33. The van der Waals surface area contributed by atoms with Crippen molar-refractivity contribution in [1.29, 1.82) is 0 Å². The number of para-hydroxylation sites is 1. The quantitative estimate of drug-likeness (QED) is 0.637. The zero-order valence-electron chi connectivity index (χ0n) is 11.5. The molecule has 0 aliphatic rings. The molecule has 2 rings (SSSR count). The summed E-state index contributed by atoms with van der Waals surface area (Å²) in [6.07, 6.45) is 1.04. The van der Waals surface area contributed by atoms with Gasteiger partial charge in [0.2, 0.25) is 0 Å². The first kappa shape index (κ1) is 16.6. The SMILES string of the molecule is CCCNc1ccc(Cl)c(COc2c(Br)cccc2Br)n1. The van der Waals surface area contributed by atoms with Crippen LogP contribution in [0.25, 0.3) is 0 Å². The Balaban J connectivity index is 2.12. The molecule has 2 aromatic rings. The summed E-state index contributed by atoms with van der Waals surface area (Å²) in [5.74, 6) is 1.55. The van der Waals surface area contributed by atoms with E-state index in [1.165, 1.54) is 0 Å². The van der Waals surface area contributed by atoms with Crippen LogP contribution < -0.4 is 10.1 Å². The molecule has 3 nitrogen and oxygen atoms in total. The van der Waals surface area contributed by atoms with Crippen molar-refractivity contribution in [1.82, 2.24) is 4.98 Å². The Hall–Kier alpha value is -0.780. The van der Waals surface area contributed by atoms with E-state index in [1.54, 1.807) is 0 Å². The molecule has 0 spiro atoms. The van der Waals surface area contributed by atoms with Gasteiger partial charge < -0.3 is 10.1 Å². The summed E-state index contributed by atoms with van der Waals surface area (Å²) < 4.78 is 7.59. The molecular weight excluding hydrogens is 419 g/mol. The van der Waals surface area contributed by atoms with Gasteiger partial charge in [0, 0.05) is 6.54 Å². The summed E-state index contributed by atoms with van der Waals surface area (Å²) >= 11 is 13.1. The number of benzene rings is 1. The van der Waals surface area contributed by atoms with E-state index in [0.29, 0.717) is 17.3 Å². The zero-order chi connectivity index (χ0) is 15.2. The summed E-state index contributed by atoms with van der Waals surface area (Å²) in [6.45, 7) is 3.30. The third kappa shape index (κ3) is 4.59. The van der Waals surface area contributed by atoms with Gasteiger partial charge in [-0.1, -0.05) is 24.6 Å². The second kappa shape index (κ2) is 8.01. The zero-order valence-corrected chi connectivity index (χ0v) is 15.4. The van der Waals surface area contributed by atoms with Gasteiger partial charge in [-0.3, -0.25) is 0 Å². The van der Waals surface area contributed by atoms with Gasteiger partial charge in [0.05, 0.1) is 19.7 Å².